The van der Waals surface area contributed by atoms with Gasteiger partial charge in [0.25, 0.3) is 11.8 Å². The highest BCUT2D eigenvalue weighted by Gasteiger charge is 2.19. The zero-order valence-electron chi connectivity index (χ0n) is 13.5. The van der Waals surface area contributed by atoms with Gasteiger partial charge in [0.2, 0.25) is 5.95 Å². The highest BCUT2D eigenvalue weighted by molar-refractivity contribution is 7.90. The highest BCUT2D eigenvalue weighted by atomic mass is 32.2. The van der Waals surface area contributed by atoms with Crippen molar-refractivity contribution in [3.63, 3.8) is 0 Å². The van der Waals surface area contributed by atoms with Crippen molar-refractivity contribution in [2.24, 2.45) is 0 Å². The Labute approximate surface area is 150 Å². The van der Waals surface area contributed by atoms with Crippen LogP contribution in [0.15, 0.2) is 33.7 Å². The predicted molar refractivity (Wildman–Crippen MR) is 87.5 cm³/mol. The first kappa shape index (κ1) is 18.6. The van der Waals surface area contributed by atoms with Gasteiger partial charge < -0.3 is 15.5 Å². The van der Waals surface area contributed by atoms with Crippen LogP contribution in [0, 0.1) is 5.82 Å². The molecule has 0 bridgehead atoms. The minimum atomic E-state index is -3.70. The lowest BCUT2D eigenvalue weighted by molar-refractivity contribution is 0.116. The summed E-state index contributed by atoms with van der Waals surface area (Å²) in [6, 6.07) is 3.37. The fourth-order valence-electron chi connectivity index (χ4n) is 2.06. The number of sulfone groups is 1. The van der Waals surface area contributed by atoms with Crippen LogP contribution in [0.3, 0.4) is 0 Å². The quantitative estimate of drug-likeness (QED) is 0.661. The minimum absolute atomic E-state index is 0.0403. The van der Waals surface area contributed by atoms with E-state index in [0.717, 1.165) is 24.6 Å². The van der Waals surface area contributed by atoms with Gasteiger partial charge >= 0.3 is 6.43 Å². The van der Waals surface area contributed by atoms with Gasteiger partial charge in [0.15, 0.2) is 9.84 Å². The Hall–Kier alpha value is -3.22. The molecule has 0 aliphatic rings. The minimum Gasteiger partial charge on any atom is -0.415 e. The number of alkyl halides is 2. The largest absolute Gasteiger partial charge is 0.415 e. The van der Waals surface area contributed by atoms with Crippen LogP contribution in [-0.4, -0.2) is 34.8 Å². The molecule has 27 heavy (non-hydrogen) atoms. The summed E-state index contributed by atoms with van der Waals surface area (Å²) >= 11 is 0. The number of benzene rings is 1. The Bertz CT molecular complexity index is 1100. The van der Waals surface area contributed by atoms with Crippen molar-refractivity contribution in [2.45, 2.75) is 11.3 Å². The van der Waals surface area contributed by atoms with Gasteiger partial charge in [-0.05, 0) is 18.2 Å². The molecule has 0 unspecified atom stereocenters. The second-order valence-electron chi connectivity index (χ2n) is 5.28. The van der Waals surface area contributed by atoms with E-state index >= 15 is 0 Å². The van der Waals surface area contributed by atoms with Crippen LogP contribution in [0.5, 0.6) is 0 Å². The van der Waals surface area contributed by atoms with E-state index in [1.165, 1.54) is 6.07 Å². The molecule has 0 radical (unpaired) electrons. The average molecular weight is 400 g/mol. The van der Waals surface area contributed by atoms with Gasteiger partial charge in [0.1, 0.15) is 16.5 Å². The maximum Gasteiger partial charge on any atom is 0.314 e. The second kappa shape index (κ2) is 6.83. The lowest BCUT2D eigenvalue weighted by Gasteiger charge is -2.08. The summed E-state index contributed by atoms with van der Waals surface area (Å²) < 4.78 is 66.5. The number of anilines is 3. The predicted octanol–water partition coefficient (Wildman–Crippen LogP) is 2.33. The molecule has 2 aromatic heterocycles. The molecule has 0 fully saturated rings. The molecule has 0 aliphatic carbocycles. The van der Waals surface area contributed by atoms with Crippen molar-refractivity contribution < 1.29 is 26.0 Å². The Balaban J connectivity index is 1.85. The monoisotopic (exact) mass is 400 g/mol. The van der Waals surface area contributed by atoms with Crippen LogP contribution < -0.4 is 11.1 Å². The molecule has 9 nitrogen and oxygen atoms in total. The Morgan fingerprint density at radius 2 is 2.00 bits per heavy atom. The van der Waals surface area contributed by atoms with E-state index in [1.807, 2.05) is 0 Å². The van der Waals surface area contributed by atoms with Crippen LogP contribution in [0.1, 0.15) is 12.3 Å². The summed E-state index contributed by atoms with van der Waals surface area (Å²) in [4.78, 5) is 7.36. The molecule has 142 valence electrons. The molecule has 13 heteroatoms. The smallest absolute Gasteiger partial charge is 0.314 e. The van der Waals surface area contributed by atoms with Crippen molar-refractivity contribution in [3.8, 4) is 11.5 Å². The maximum absolute atomic E-state index is 13.9. The fourth-order valence-corrected chi connectivity index (χ4v) is 2.79. The van der Waals surface area contributed by atoms with Crippen LogP contribution in [-0.2, 0) is 9.84 Å². The number of hydrogen-bond donors (Lipinski definition) is 2. The third kappa shape index (κ3) is 3.97. The number of nitrogen functional groups attached to an aromatic ring is 1. The lowest BCUT2D eigenvalue weighted by atomic mass is 10.3. The van der Waals surface area contributed by atoms with Crippen LogP contribution in [0.25, 0.3) is 11.5 Å². The highest BCUT2D eigenvalue weighted by Crippen LogP contribution is 2.27. The van der Waals surface area contributed by atoms with Gasteiger partial charge in [-0.1, -0.05) is 0 Å². The number of nitrogens with zero attached hydrogens (tertiary/aromatic N) is 4. The maximum atomic E-state index is 13.9. The van der Waals surface area contributed by atoms with Crippen LogP contribution >= 0.6 is 0 Å². The molecular weight excluding hydrogens is 389 g/mol. The molecule has 0 aliphatic heterocycles. The van der Waals surface area contributed by atoms with Crippen molar-refractivity contribution in [1.29, 1.82) is 0 Å². The summed E-state index contributed by atoms with van der Waals surface area (Å²) in [5, 5.41) is 9.26. The summed E-state index contributed by atoms with van der Waals surface area (Å²) in [6.45, 7) is 0. The zero-order chi connectivity index (χ0) is 19.8. The van der Waals surface area contributed by atoms with E-state index < -0.39 is 32.9 Å². The molecule has 2 heterocycles. The molecule has 0 saturated heterocycles. The van der Waals surface area contributed by atoms with Gasteiger partial charge in [-0.2, -0.15) is 13.8 Å². The average Bonchev–Trinajstić information content (AvgIpc) is 3.04. The van der Waals surface area contributed by atoms with E-state index in [-0.39, 0.29) is 28.9 Å². The molecule has 3 N–H and O–H groups in total. The molecule has 0 amide bonds. The first-order valence-corrected chi connectivity index (χ1v) is 9.05. The molecular formula is C14H11F3N6O3S. The van der Waals surface area contributed by atoms with E-state index in [4.69, 9.17) is 10.2 Å². The number of halogens is 3. The van der Waals surface area contributed by atoms with Gasteiger partial charge in [0.05, 0.1) is 5.56 Å². The Kier molecular flexibility index (Phi) is 4.70. The summed E-state index contributed by atoms with van der Waals surface area (Å²) in [5.41, 5.74) is 5.96. The first-order chi connectivity index (χ1) is 12.6. The number of aromatic nitrogens is 4. The third-order valence-corrected chi connectivity index (χ3v) is 4.39. The fraction of sp³-hybridized carbons (Fsp3) is 0.143. The summed E-state index contributed by atoms with van der Waals surface area (Å²) in [5.74, 6) is -2.29. The number of nitrogens with two attached hydrogens (primary N) is 1. The van der Waals surface area contributed by atoms with E-state index in [9.17, 15) is 21.6 Å². The lowest BCUT2D eigenvalue weighted by Crippen LogP contribution is -2.04. The zero-order valence-corrected chi connectivity index (χ0v) is 14.3. The van der Waals surface area contributed by atoms with Crippen LogP contribution in [0.2, 0.25) is 0 Å². The van der Waals surface area contributed by atoms with Crippen molar-refractivity contribution in [3.05, 3.63) is 36.1 Å². The second-order valence-corrected chi connectivity index (χ2v) is 7.27. The van der Waals surface area contributed by atoms with E-state index in [1.54, 1.807) is 0 Å². The number of nitrogens with one attached hydrogen (secondary N) is 1. The SMILES string of the molecule is CS(=O)(=O)c1ccc(Nc2ncc(-c3nnc(C(F)F)o3)c(N)n2)cc1F. The molecule has 0 spiro atoms. The third-order valence-electron chi connectivity index (χ3n) is 3.26. The van der Waals surface area contributed by atoms with Crippen molar-refractivity contribution in [1.82, 2.24) is 20.2 Å². The normalized spacial score (nSPS) is 11.7. The van der Waals surface area contributed by atoms with E-state index in [2.05, 4.69) is 25.5 Å². The van der Waals surface area contributed by atoms with Crippen LogP contribution in [0.4, 0.5) is 30.6 Å². The van der Waals surface area contributed by atoms with E-state index in [0.29, 0.717) is 0 Å². The van der Waals surface area contributed by atoms with Gasteiger partial charge in [-0.15, -0.1) is 10.2 Å². The molecule has 3 aromatic rings. The molecule has 0 atom stereocenters. The molecule has 1 aromatic carbocycles. The van der Waals surface area contributed by atoms with Crippen molar-refractivity contribution >= 4 is 27.3 Å². The summed E-state index contributed by atoms with van der Waals surface area (Å²) in [6.07, 6.45) is -0.883. The Morgan fingerprint density at radius 3 is 2.56 bits per heavy atom. The van der Waals surface area contributed by atoms with Gasteiger partial charge in [0, 0.05) is 18.1 Å². The molecule has 3 rings (SSSR count). The topological polar surface area (TPSA) is 137 Å². The van der Waals surface area contributed by atoms with Crippen molar-refractivity contribution in [2.75, 3.05) is 17.3 Å². The summed E-state index contributed by atoms with van der Waals surface area (Å²) in [7, 11) is -3.70. The number of hydrogen-bond acceptors (Lipinski definition) is 9. The molecule has 0 saturated carbocycles. The van der Waals surface area contributed by atoms with Gasteiger partial charge in [-0.25, -0.2) is 17.8 Å². The standard InChI is InChI=1S/C14H11F3N6O3S/c1-27(24,25)9-3-2-6(4-8(9)15)20-14-19-5-7(11(18)21-14)12-22-23-13(26-12)10(16)17/h2-5,10H,1H3,(H3,18,19,20,21). The van der Waals surface area contributed by atoms with Gasteiger partial charge in [-0.3, -0.25) is 0 Å². The first-order valence-electron chi connectivity index (χ1n) is 7.16. The Morgan fingerprint density at radius 1 is 1.26 bits per heavy atom. The number of rotatable bonds is 5.